The van der Waals surface area contributed by atoms with Crippen molar-refractivity contribution in [1.82, 2.24) is 0 Å². The summed E-state index contributed by atoms with van der Waals surface area (Å²) in [6.45, 7) is 4.86. The van der Waals surface area contributed by atoms with Gasteiger partial charge in [-0.3, -0.25) is 9.59 Å². The number of carboxylic acid groups (broad SMARTS) is 1. The van der Waals surface area contributed by atoms with Crippen molar-refractivity contribution in [2.75, 3.05) is 47.5 Å². The summed E-state index contributed by atoms with van der Waals surface area (Å²) in [6.07, 6.45) is 88.2. The minimum Gasteiger partial charge on any atom is -0.545 e. The van der Waals surface area contributed by atoms with Crippen LogP contribution in [0, 0.1) is 0 Å². The van der Waals surface area contributed by atoms with Crippen molar-refractivity contribution in [3.05, 3.63) is 0 Å². The maximum atomic E-state index is 13.0. The molecule has 0 rings (SSSR count). The molecule has 0 aliphatic rings. The molecule has 91 heavy (non-hydrogen) atoms. The first kappa shape index (κ1) is 89.3. The first-order chi connectivity index (χ1) is 44.6. The van der Waals surface area contributed by atoms with Crippen LogP contribution in [0.15, 0.2) is 0 Å². The summed E-state index contributed by atoms with van der Waals surface area (Å²) >= 11 is 0. The van der Waals surface area contributed by atoms with Gasteiger partial charge in [0.05, 0.1) is 40.3 Å². The van der Waals surface area contributed by atoms with Gasteiger partial charge in [-0.15, -0.1) is 0 Å². The van der Waals surface area contributed by atoms with E-state index in [4.69, 9.17) is 18.9 Å². The molecule has 0 spiro atoms. The topological polar surface area (TPSA) is 111 Å². The number of unbranched alkanes of at least 4 members (excludes halogenated alkanes) is 64. The van der Waals surface area contributed by atoms with E-state index in [1.807, 2.05) is 21.1 Å². The van der Waals surface area contributed by atoms with E-state index >= 15 is 0 Å². The van der Waals surface area contributed by atoms with Gasteiger partial charge in [0.2, 0.25) is 0 Å². The molecule has 2 atom stereocenters. The van der Waals surface area contributed by atoms with E-state index < -0.39 is 24.3 Å². The summed E-state index contributed by atoms with van der Waals surface area (Å²) in [5, 5.41) is 11.9. The standard InChI is InChI=1S/C82H161NO8/c1-6-8-10-12-14-16-18-20-22-24-26-28-30-32-34-36-38-40-41-43-45-47-49-51-53-55-57-59-61-63-65-67-69-71-73-80(85)91-78(77-90-82(81(86)87)88-75-74-83(3,4)5)76-89-79(84)72-70-68-66-64-62-60-58-56-54-52-50-48-46-44-42-39-37-35-33-31-29-27-25-23-21-19-17-15-13-11-9-7-2/h78,82H,6-77H2,1-5H3. The van der Waals surface area contributed by atoms with Crippen molar-refractivity contribution >= 4 is 17.9 Å². The highest BCUT2D eigenvalue weighted by atomic mass is 16.7. The van der Waals surface area contributed by atoms with E-state index in [1.54, 1.807) is 0 Å². The molecule has 0 aromatic rings. The fourth-order valence-electron chi connectivity index (χ4n) is 13.1. The van der Waals surface area contributed by atoms with Gasteiger partial charge >= 0.3 is 11.9 Å². The Labute approximate surface area is 568 Å². The predicted molar refractivity (Wildman–Crippen MR) is 390 cm³/mol. The minimum atomic E-state index is -1.62. The number of carbonyl (C=O) groups excluding carboxylic acids is 3. The van der Waals surface area contributed by atoms with Crippen molar-refractivity contribution in [2.24, 2.45) is 0 Å². The lowest BCUT2D eigenvalue weighted by Gasteiger charge is -2.26. The quantitative estimate of drug-likeness (QED) is 0.0256. The predicted octanol–water partition coefficient (Wildman–Crippen LogP) is 24.8. The number of quaternary nitrogens is 1. The highest BCUT2D eigenvalue weighted by molar-refractivity contribution is 5.70. The van der Waals surface area contributed by atoms with E-state index in [-0.39, 0.29) is 32.2 Å². The summed E-state index contributed by atoms with van der Waals surface area (Å²) < 4.78 is 22.9. The van der Waals surface area contributed by atoms with Crippen molar-refractivity contribution in [3.8, 4) is 0 Å². The Morgan fingerprint density at radius 2 is 0.495 bits per heavy atom. The molecular formula is C82H161NO8. The Morgan fingerprint density at radius 3 is 0.703 bits per heavy atom. The summed E-state index contributed by atoms with van der Waals surface area (Å²) in [6, 6.07) is 0. The lowest BCUT2D eigenvalue weighted by atomic mass is 10.0. The lowest BCUT2D eigenvalue weighted by Crippen LogP contribution is -2.44. The number of esters is 2. The Morgan fingerprint density at radius 1 is 0.286 bits per heavy atom. The number of likely N-dealkylation sites (N-methyl/N-ethyl adjacent to an activating group) is 1. The van der Waals surface area contributed by atoms with Crippen LogP contribution < -0.4 is 5.11 Å². The van der Waals surface area contributed by atoms with Crippen LogP contribution in [0.4, 0.5) is 0 Å². The van der Waals surface area contributed by atoms with Crippen molar-refractivity contribution in [2.45, 2.75) is 463 Å². The molecule has 0 fully saturated rings. The smallest absolute Gasteiger partial charge is 0.306 e. The van der Waals surface area contributed by atoms with Crippen LogP contribution in [0.5, 0.6) is 0 Å². The maximum Gasteiger partial charge on any atom is 0.306 e. The molecular weight excluding hydrogens is 1130 g/mol. The molecule has 0 amide bonds. The summed E-state index contributed by atoms with van der Waals surface area (Å²) in [7, 11) is 5.96. The molecule has 0 radical (unpaired) electrons. The molecule has 0 saturated heterocycles. The molecule has 2 unspecified atom stereocenters. The highest BCUT2D eigenvalue weighted by Gasteiger charge is 2.22. The summed E-state index contributed by atoms with van der Waals surface area (Å²) in [5.41, 5.74) is 0. The maximum absolute atomic E-state index is 13.0. The van der Waals surface area contributed by atoms with Crippen molar-refractivity contribution in [1.29, 1.82) is 0 Å². The van der Waals surface area contributed by atoms with E-state index in [0.29, 0.717) is 17.4 Å². The normalized spacial score (nSPS) is 12.5. The average molecular weight is 1290 g/mol. The van der Waals surface area contributed by atoms with Crippen LogP contribution in [-0.4, -0.2) is 82.3 Å². The molecule has 9 nitrogen and oxygen atoms in total. The lowest BCUT2D eigenvalue weighted by molar-refractivity contribution is -0.870. The molecule has 0 heterocycles. The fraction of sp³-hybridized carbons (Fsp3) is 0.963. The number of rotatable bonds is 79. The summed E-state index contributed by atoms with van der Waals surface area (Å²) in [5.74, 6) is -2.24. The van der Waals surface area contributed by atoms with Crippen LogP contribution >= 0.6 is 0 Å². The van der Waals surface area contributed by atoms with Crippen molar-refractivity contribution < 1.29 is 42.9 Å². The third-order valence-corrected chi connectivity index (χ3v) is 19.4. The van der Waals surface area contributed by atoms with Gasteiger partial charge in [-0.25, -0.2) is 0 Å². The number of hydrogen-bond donors (Lipinski definition) is 0. The number of carboxylic acids is 1. The SMILES string of the molecule is CCCCCCCCCCCCCCCCCCCCCCCCCCCCCCCCCCCCC(=O)OC(COC(=O)CCCCCCCCCCCCCCCCCCCCCCCCCCCCCCCCCC)COC(OCC[N+](C)(C)C)C(=O)[O-]. The molecule has 9 heteroatoms. The van der Waals surface area contributed by atoms with Gasteiger partial charge in [0, 0.05) is 12.8 Å². The van der Waals surface area contributed by atoms with Gasteiger partial charge in [0.1, 0.15) is 13.2 Å². The zero-order valence-electron chi connectivity index (χ0n) is 62.3. The van der Waals surface area contributed by atoms with Crippen LogP contribution in [-0.2, 0) is 33.3 Å². The number of carbonyl (C=O) groups is 3. The molecule has 0 aliphatic heterocycles. The van der Waals surface area contributed by atoms with Crippen LogP contribution in [0.2, 0.25) is 0 Å². The zero-order chi connectivity index (χ0) is 66.1. The fourth-order valence-corrected chi connectivity index (χ4v) is 13.1. The Hall–Kier alpha value is -1.71. The average Bonchev–Trinajstić information content (AvgIpc) is 3.68. The van der Waals surface area contributed by atoms with Crippen molar-refractivity contribution in [3.63, 3.8) is 0 Å². The van der Waals surface area contributed by atoms with Gasteiger partial charge in [-0.05, 0) is 12.8 Å². The van der Waals surface area contributed by atoms with Crippen LogP contribution in [0.3, 0.4) is 0 Å². The number of ether oxygens (including phenoxy) is 4. The third kappa shape index (κ3) is 75.5. The molecule has 542 valence electrons. The molecule has 0 saturated carbocycles. The first-order valence-electron chi connectivity index (χ1n) is 41.2. The number of aliphatic carboxylic acids is 1. The Balaban J connectivity index is 3.93. The molecule has 0 bridgehead atoms. The van der Waals surface area contributed by atoms with Gasteiger partial charge in [-0.1, -0.05) is 425 Å². The molecule has 0 aromatic heterocycles. The first-order valence-corrected chi connectivity index (χ1v) is 41.2. The van der Waals surface area contributed by atoms with Crippen LogP contribution in [0.1, 0.15) is 450 Å². The molecule has 0 N–H and O–H groups in total. The van der Waals surface area contributed by atoms with E-state index in [9.17, 15) is 19.5 Å². The second-order valence-corrected chi connectivity index (χ2v) is 29.8. The van der Waals surface area contributed by atoms with Crippen LogP contribution in [0.25, 0.3) is 0 Å². The molecule has 0 aliphatic carbocycles. The number of nitrogens with zero attached hydrogens (tertiary/aromatic N) is 1. The van der Waals surface area contributed by atoms with Gasteiger partial charge in [0.15, 0.2) is 12.4 Å². The van der Waals surface area contributed by atoms with Gasteiger partial charge in [0.25, 0.3) is 0 Å². The largest absolute Gasteiger partial charge is 0.545 e. The highest BCUT2D eigenvalue weighted by Crippen LogP contribution is 2.21. The minimum absolute atomic E-state index is 0.154. The Kier molecular flexibility index (Phi) is 72.7. The van der Waals surface area contributed by atoms with E-state index in [1.165, 1.54) is 385 Å². The zero-order valence-corrected chi connectivity index (χ0v) is 62.3. The molecule has 0 aromatic carbocycles. The second-order valence-electron chi connectivity index (χ2n) is 29.8. The van der Waals surface area contributed by atoms with Gasteiger partial charge in [-0.2, -0.15) is 0 Å². The Bertz CT molecular complexity index is 1450. The van der Waals surface area contributed by atoms with E-state index in [0.717, 1.165) is 38.5 Å². The second kappa shape index (κ2) is 74.1. The van der Waals surface area contributed by atoms with E-state index in [2.05, 4.69) is 13.8 Å². The summed E-state index contributed by atoms with van der Waals surface area (Å²) in [4.78, 5) is 37.6. The van der Waals surface area contributed by atoms with Gasteiger partial charge < -0.3 is 33.3 Å². The number of hydrogen-bond acceptors (Lipinski definition) is 8. The third-order valence-electron chi connectivity index (χ3n) is 19.4. The monoisotopic (exact) mass is 1290 g/mol.